The number of hydrogen-bond acceptors (Lipinski definition) is 6. The van der Waals surface area contributed by atoms with Gasteiger partial charge in [0.05, 0.1) is 17.2 Å². The van der Waals surface area contributed by atoms with Gasteiger partial charge in [0, 0.05) is 29.8 Å². The number of nitrogens with one attached hydrogen (secondary N) is 3. The molecule has 0 radical (unpaired) electrons. The summed E-state index contributed by atoms with van der Waals surface area (Å²) in [5, 5.41) is 11.6. The average Bonchev–Trinajstić information content (AvgIpc) is 3.45. The molecular formula is C32H40N4O3S. The van der Waals surface area contributed by atoms with E-state index in [1.165, 1.54) is 11.3 Å². The lowest BCUT2D eigenvalue weighted by atomic mass is 9.99. The Morgan fingerprint density at radius 1 is 1.00 bits per heavy atom. The van der Waals surface area contributed by atoms with Gasteiger partial charge in [-0.05, 0) is 63.3 Å². The molecule has 0 bridgehead atoms. The van der Waals surface area contributed by atoms with Crippen molar-refractivity contribution in [2.24, 2.45) is 0 Å². The quantitative estimate of drug-likeness (QED) is 0.272. The van der Waals surface area contributed by atoms with Crippen molar-refractivity contribution in [2.75, 3.05) is 0 Å². The first-order chi connectivity index (χ1) is 19.2. The molecule has 1 aliphatic carbocycles. The Labute approximate surface area is 241 Å². The predicted octanol–water partition coefficient (Wildman–Crippen LogP) is 4.97. The molecule has 3 unspecified atom stereocenters. The molecule has 0 saturated heterocycles. The summed E-state index contributed by atoms with van der Waals surface area (Å²) in [6.07, 6.45) is 8.24. The number of nitrogens with zero attached hydrogens (tertiary/aromatic N) is 1. The lowest BCUT2D eigenvalue weighted by molar-refractivity contribution is -0.130. The van der Waals surface area contributed by atoms with Crippen molar-refractivity contribution in [3.63, 3.8) is 0 Å². The van der Waals surface area contributed by atoms with E-state index in [1.807, 2.05) is 80.7 Å². The van der Waals surface area contributed by atoms with Crippen LogP contribution in [0.25, 0.3) is 0 Å². The fourth-order valence-corrected chi connectivity index (χ4v) is 5.19. The number of allylic oxidation sites excluding steroid dienone is 1. The normalized spacial score (nSPS) is 16.6. The second kappa shape index (κ2) is 14.2. The Balaban J connectivity index is 1.45. The number of carbonyl (C=O) groups excluding carboxylic acids is 2. The second-order valence-corrected chi connectivity index (χ2v) is 12.0. The maximum absolute atomic E-state index is 13.7. The lowest BCUT2D eigenvalue weighted by Crippen LogP contribution is -2.57. The summed E-state index contributed by atoms with van der Waals surface area (Å²) in [5.41, 5.74) is 4.23. The van der Waals surface area contributed by atoms with Crippen molar-refractivity contribution in [3.8, 4) is 5.75 Å². The van der Waals surface area contributed by atoms with Gasteiger partial charge in [0.1, 0.15) is 18.4 Å². The number of carbonyl (C=O) groups is 2. The van der Waals surface area contributed by atoms with Gasteiger partial charge >= 0.3 is 0 Å². The van der Waals surface area contributed by atoms with Crippen molar-refractivity contribution in [2.45, 2.75) is 83.1 Å². The van der Waals surface area contributed by atoms with Crippen LogP contribution in [-0.2, 0) is 29.0 Å². The van der Waals surface area contributed by atoms with Gasteiger partial charge in [-0.2, -0.15) is 0 Å². The molecule has 0 aliphatic heterocycles. The van der Waals surface area contributed by atoms with Crippen LogP contribution in [0.3, 0.4) is 0 Å². The van der Waals surface area contributed by atoms with Crippen LogP contribution in [0.15, 0.2) is 77.6 Å². The largest absolute Gasteiger partial charge is 0.489 e. The van der Waals surface area contributed by atoms with Crippen molar-refractivity contribution in [3.05, 3.63) is 94.5 Å². The molecule has 40 heavy (non-hydrogen) atoms. The maximum Gasteiger partial charge on any atom is 0.243 e. The van der Waals surface area contributed by atoms with Crippen molar-refractivity contribution in [1.29, 1.82) is 0 Å². The first kappa shape index (κ1) is 29.5. The second-order valence-electron chi connectivity index (χ2n) is 11.3. The summed E-state index contributed by atoms with van der Waals surface area (Å²) in [5.74, 6) is 0.333. The number of rotatable bonds is 12. The summed E-state index contributed by atoms with van der Waals surface area (Å²) >= 11 is 1.51. The molecule has 1 heterocycles. The van der Waals surface area contributed by atoms with Gasteiger partial charge in [0.25, 0.3) is 0 Å². The number of hydrogen-bond donors (Lipinski definition) is 3. The third-order valence-electron chi connectivity index (χ3n) is 6.63. The zero-order valence-corrected chi connectivity index (χ0v) is 24.4. The molecule has 1 aliphatic rings. The standard InChI is InChI=1S/C32H40N4O3S/c1-32(2,3)36-31(38)28(18-23-14-16-27(17-15-23)39-20-24-10-6-4-7-11-24)35-30(37)29(19-26-21-40-22-33-26)34-25-12-8-5-9-13-25/h4,6-8,10-12,14-17,21-22,25,28-29,34H,5,9,13,18-20H2,1-3H3,(H,35,37)(H,36,38). The molecule has 7 nitrogen and oxygen atoms in total. The summed E-state index contributed by atoms with van der Waals surface area (Å²) in [7, 11) is 0. The van der Waals surface area contributed by atoms with Crippen LogP contribution in [0.2, 0.25) is 0 Å². The van der Waals surface area contributed by atoms with Crippen LogP contribution in [0.4, 0.5) is 0 Å². The van der Waals surface area contributed by atoms with Gasteiger partial charge < -0.3 is 15.4 Å². The molecular weight excluding hydrogens is 520 g/mol. The number of aromatic nitrogens is 1. The van der Waals surface area contributed by atoms with Gasteiger partial charge in [-0.25, -0.2) is 4.98 Å². The molecule has 3 N–H and O–H groups in total. The van der Waals surface area contributed by atoms with Gasteiger partial charge in [0.15, 0.2) is 0 Å². The third-order valence-corrected chi connectivity index (χ3v) is 7.26. The monoisotopic (exact) mass is 560 g/mol. The molecule has 4 rings (SSSR count). The summed E-state index contributed by atoms with van der Waals surface area (Å²) in [6.45, 7) is 6.29. The van der Waals surface area contributed by atoms with Gasteiger partial charge in [0.2, 0.25) is 11.8 Å². The van der Waals surface area contributed by atoms with Gasteiger partial charge in [-0.3, -0.25) is 14.9 Å². The van der Waals surface area contributed by atoms with E-state index in [0.29, 0.717) is 19.4 Å². The molecule has 1 aromatic heterocycles. The molecule has 2 aromatic carbocycles. The first-order valence-electron chi connectivity index (χ1n) is 13.9. The van der Waals surface area contributed by atoms with Crippen LogP contribution in [0.5, 0.6) is 5.75 Å². The third kappa shape index (κ3) is 9.61. The molecule has 3 atom stereocenters. The molecule has 8 heteroatoms. The van der Waals surface area contributed by atoms with Crippen molar-refractivity contribution >= 4 is 23.2 Å². The summed E-state index contributed by atoms with van der Waals surface area (Å²) in [6, 6.07) is 16.6. The molecule has 3 aromatic rings. The Morgan fingerprint density at radius 3 is 2.42 bits per heavy atom. The Morgan fingerprint density at radius 2 is 1.77 bits per heavy atom. The first-order valence-corrected chi connectivity index (χ1v) is 14.9. The molecule has 0 saturated carbocycles. The van der Waals surface area contributed by atoms with E-state index in [4.69, 9.17) is 4.74 Å². The zero-order valence-electron chi connectivity index (χ0n) is 23.6. The summed E-state index contributed by atoms with van der Waals surface area (Å²) in [4.78, 5) is 31.4. The smallest absolute Gasteiger partial charge is 0.243 e. The fraction of sp³-hybridized carbons (Fsp3) is 0.406. The number of benzene rings is 2. The van der Waals surface area contributed by atoms with Crippen LogP contribution in [0.1, 0.15) is 56.9 Å². The Hall–Kier alpha value is -3.49. The topological polar surface area (TPSA) is 92.4 Å². The molecule has 0 spiro atoms. The lowest BCUT2D eigenvalue weighted by Gasteiger charge is -2.29. The highest BCUT2D eigenvalue weighted by Gasteiger charge is 2.29. The minimum Gasteiger partial charge on any atom is -0.489 e. The van der Waals surface area contributed by atoms with Crippen LogP contribution < -0.4 is 20.7 Å². The molecule has 212 valence electrons. The van der Waals surface area contributed by atoms with Crippen molar-refractivity contribution in [1.82, 2.24) is 20.9 Å². The maximum atomic E-state index is 13.7. The highest BCUT2D eigenvalue weighted by molar-refractivity contribution is 7.07. The fourth-order valence-electron chi connectivity index (χ4n) is 4.62. The molecule has 2 amide bonds. The number of thiazole rings is 1. The predicted molar refractivity (Wildman–Crippen MR) is 160 cm³/mol. The van der Waals surface area contributed by atoms with E-state index in [1.54, 1.807) is 5.51 Å². The van der Waals surface area contributed by atoms with Crippen LogP contribution >= 0.6 is 11.3 Å². The van der Waals surface area contributed by atoms with E-state index in [0.717, 1.165) is 41.8 Å². The van der Waals surface area contributed by atoms with Gasteiger partial charge in [-0.1, -0.05) is 54.6 Å². The highest BCUT2D eigenvalue weighted by atomic mass is 32.1. The van der Waals surface area contributed by atoms with E-state index in [2.05, 4.69) is 33.1 Å². The SMILES string of the molecule is CC(C)(C)NC(=O)C(Cc1ccc(OCc2ccccc2)cc1)NC(=O)C(Cc1cscn1)NC1C=CCCC1. The van der Waals surface area contributed by atoms with Crippen LogP contribution in [-0.4, -0.2) is 40.5 Å². The minimum absolute atomic E-state index is 0.119. The van der Waals surface area contributed by atoms with Crippen LogP contribution in [0, 0.1) is 0 Å². The Kier molecular flexibility index (Phi) is 10.5. The van der Waals surface area contributed by atoms with Gasteiger partial charge in [-0.15, -0.1) is 11.3 Å². The van der Waals surface area contributed by atoms with E-state index in [9.17, 15) is 9.59 Å². The zero-order chi connectivity index (χ0) is 28.4. The minimum atomic E-state index is -0.732. The highest BCUT2D eigenvalue weighted by Crippen LogP contribution is 2.17. The molecule has 0 fully saturated rings. The number of ether oxygens (including phenoxy) is 1. The Bertz CT molecular complexity index is 1240. The average molecular weight is 561 g/mol. The summed E-state index contributed by atoms with van der Waals surface area (Å²) < 4.78 is 5.92. The van der Waals surface area contributed by atoms with E-state index < -0.39 is 17.6 Å². The van der Waals surface area contributed by atoms with Crippen molar-refractivity contribution < 1.29 is 14.3 Å². The van der Waals surface area contributed by atoms with E-state index in [-0.39, 0.29) is 17.9 Å². The number of amides is 2. The van der Waals surface area contributed by atoms with E-state index >= 15 is 0 Å².